The van der Waals surface area contributed by atoms with Crippen LogP contribution in [0.15, 0.2) is 24.3 Å². The Morgan fingerprint density at radius 3 is 2.82 bits per heavy atom. The number of aromatic nitrogens is 1. The molecule has 3 aliphatic rings. The molecule has 1 amide bonds. The third kappa shape index (κ3) is 4.84. The number of fused-ring (bicyclic) bond motifs is 1. The summed E-state index contributed by atoms with van der Waals surface area (Å²) in [6, 6.07) is 8.95. The maximum Gasteiger partial charge on any atom is 0.253 e. The van der Waals surface area contributed by atoms with Gasteiger partial charge in [0.05, 0.1) is 21.7 Å². The van der Waals surface area contributed by atoms with E-state index in [-0.39, 0.29) is 12.5 Å². The normalized spacial score (nSPS) is 28.0. The molecule has 2 N–H and O–H groups in total. The highest BCUT2D eigenvalue weighted by Gasteiger charge is 2.35. The number of hydrogen-bond donors (Lipinski definition) is 2. The SMILES string of the molecule is C[C@H]1CCC[C@@](O)(CNC(=O)c2c(Cl)ccc3nc(N4CCC(N(C)C5CC5)C4)ccc23)C1. The van der Waals surface area contributed by atoms with Gasteiger partial charge in [-0.15, -0.1) is 0 Å². The summed E-state index contributed by atoms with van der Waals surface area (Å²) >= 11 is 6.47. The number of anilines is 1. The van der Waals surface area contributed by atoms with E-state index < -0.39 is 5.60 Å². The molecule has 2 aliphatic carbocycles. The van der Waals surface area contributed by atoms with Gasteiger partial charge < -0.3 is 15.3 Å². The lowest BCUT2D eigenvalue weighted by Crippen LogP contribution is -2.45. The Morgan fingerprint density at radius 2 is 2.06 bits per heavy atom. The highest BCUT2D eigenvalue weighted by atomic mass is 35.5. The minimum Gasteiger partial charge on any atom is -0.388 e. The van der Waals surface area contributed by atoms with Crippen molar-refractivity contribution in [3.63, 3.8) is 0 Å². The van der Waals surface area contributed by atoms with Crippen LogP contribution in [0.3, 0.4) is 0 Å². The topological polar surface area (TPSA) is 68.7 Å². The number of rotatable bonds is 6. The quantitative estimate of drug-likeness (QED) is 0.661. The number of pyridine rings is 1. The van der Waals surface area contributed by atoms with E-state index in [1.54, 1.807) is 6.07 Å². The van der Waals surface area contributed by atoms with Crippen molar-refractivity contribution >= 4 is 34.2 Å². The number of carbonyl (C=O) groups excluding carboxylic acids is 1. The number of benzene rings is 1. The van der Waals surface area contributed by atoms with E-state index in [2.05, 4.69) is 29.1 Å². The van der Waals surface area contributed by atoms with E-state index in [0.717, 1.165) is 61.5 Å². The third-order valence-electron chi connectivity index (χ3n) is 7.86. The molecule has 1 unspecified atom stereocenters. The Morgan fingerprint density at radius 1 is 1.24 bits per heavy atom. The third-order valence-corrected chi connectivity index (χ3v) is 8.18. The molecule has 0 bridgehead atoms. The van der Waals surface area contributed by atoms with E-state index in [4.69, 9.17) is 16.6 Å². The predicted octanol–water partition coefficient (Wildman–Crippen LogP) is 4.23. The van der Waals surface area contributed by atoms with Gasteiger partial charge in [-0.2, -0.15) is 0 Å². The summed E-state index contributed by atoms with van der Waals surface area (Å²) in [5, 5.41) is 15.0. The Labute approximate surface area is 201 Å². The van der Waals surface area contributed by atoms with Gasteiger partial charge in [0.15, 0.2) is 0 Å². The maximum atomic E-state index is 13.1. The molecule has 1 aromatic carbocycles. The number of carbonyl (C=O) groups is 1. The average Bonchev–Trinajstić information content (AvgIpc) is 3.53. The van der Waals surface area contributed by atoms with Gasteiger partial charge in [-0.25, -0.2) is 4.98 Å². The summed E-state index contributed by atoms with van der Waals surface area (Å²) < 4.78 is 0. The zero-order chi connectivity index (χ0) is 23.2. The lowest BCUT2D eigenvalue weighted by Gasteiger charge is -2.35. The van der Waals surface area contributed by atoms with Crippen molar-refractivity contribution < 1.29 is 9.90 Å². The molecule has 3 atom stereocenters. The second kappa shape index (κ2) is 9.05. The Bertz CT molecular complexity index is 1040. The standard InChI is InChI=1S/C26H35ClN4O2/c1-17-4-3-12-26(33,14-17)16-28-25(32)24-20-7-10-23(29-22(20)9-8-21(24)27)31-13-11-19(15-31)30(2)18-5-6-18/h7-10,17-19,33H,3-6,11-16H2,1-2H3,(H,28,32)/t17-,19?,26-/m0/s1. The van der Waals surface area contributed by atoms with Crippen LogP contribution < -0.4 is 10.2 Å². The molecule has 33 heavy (non-hydrogen) atoms. The van der Waals surface area contributed by atoms with Crippen molar-refractivity contribution in [2.75, 3.05) is 31.6 Å². The van der Waals surface area contributed by atoms with Gasteiger partial charge in [-0.05, 0) is 69.3 Å². The van der Waals surface area contributed by atoms with Gasteiger partial charge in [0, 0.05) is 37.1 Å². The van der Waals surface area contributed by atoms with Gasteiger partial charge >= 0.3 is 0 Å². The minimum atomic E-state index is -0.838. The van der Waals surface area contributed by atoms with E-state index >= 15 is 0 Å². The molecule has 6 nitrogen and oxygen atoms in total. The summed E-state index contributed by atoms with van der Waals surface area (Å²) in [6.45, 7) is 4.39. The van der Waals surface area contributed by atoms with E-state index in [1.807, 2.05) is 18.2 Å². The van der Waals surface area contributed by atoms with Gasteiger partial charge in [0.1, 0.15) is 5.82 Å². The zero-order valence-corrected chi connectivity index (χ0v) is 20.4. The van der Waals surface area contributed by atoms with Crippen molar-refractivity contribution in [3.05, 3.63) is 34.9 Å². The van der Waals surface area contributed by atoms with Crippen molar-refractivity contribution in [1.29, 1.82) is 0 Å². The fraction of sp³-hybridized carbons (Fsp3) is 0.615. The largest absolute Gasteiger partial charge is 0.388 e. The zero-order valence-electron chi connectivity index (χ0n) is 19.7. The molecule has 2 heterocycles. The number of likely N-dealkylation sites (N-methyl/N-ethyl adjacent to an activating group) is 1. The molecule has 0 radical (unpaired) electrons. The number of amides is 1. The summed E-state index contributed by atoms with van der Waals surface area (Å²) in [5.74, 6) is 1.17. The lowest BCUT2D eigenvalue weighted by atomic mass is 9.79. The number of nitrogens with one attached hydrogen (secondary N) is 1. The maximum absolute atomic E-state index is 13.1. The molecule has 3 fully saturated rings. The molecule has 1 saturated heterocycles. The minimum absolute atomic E-state index is 0.248. The molecular weight excluding hydrogens is 436 g/mol. The second-order valence-corrected chi connectivity index (χ2v) is 11.0. The van der Waals surface area contributed by atoms with Crippen molar-refractivity contribution in [2.45, 2.75) is 69.6 Å². The van der Waals surface area contributed by atoms with Crippen LogP contribution in [0.25, 0.3) is 10.9 Å². The van der Waals surface area contributed by atoms with E-state index in [0.29, 0.717) is 29.0 Å². The highest BCUT2D eigenvalue weighted by Crippen LogP contribution is 2.34. The average molecular weight is 471 g/mol. The molecule has 7 heteroatoms. The molecule has 2 saturated carbocycles. The van der Waals surface area contributed by atoms with E-state index in [1.165, 1.54) is 12.8 Å². The van der Waals surface area contributed by atoms with Crippen molar-refractivity contribution in [3.8, 4) is 0 Å². The highest BCUT2D eigenvalue weighted by molar-refractivity contribution is 6.35. The number of aliphatic hydroxyl groups is 1. The first-order chi connectivity index (χ1) is 15.8. The van der Waals surface area contributed by atoms with Crippen LogP contribution in [0.1, 0.15) is 62.2 Å². The van der Waals surface area contributed by atoms with Crippen LogP contribution in [0.5, 0.6) is 0 Å². The van der Waals surface area contributed by atoms with Crippen LogP contribution in [0.4, 0.5) is 5.82 Å². The molecule has 1 aliphatic heterocycles. The lowest BCUT2D eigenvalue weighted by molar-refractivity contribution is -0.0109. The number of halogens is 1. The van der Waals surface area contributed by atoms with Crippen molar-refractivity contribution in [2.24, 2.45) is 5.92 Å². The van der Waals surface area contributed by atoms with E-state index in [9.17, 15) is 9.90 Å². The summed E-state index contributed by atoms with van der Waals surface area (Å²) in [4.78, 5) is 22.9. The molecule has 0 spiro atoms. The van der Waals surface area contributed by atoms with Gasteiger partial charge in [0.25, 0.3) is 5.91 Å². The Kier molecular flexibility index (Phi) is 6.27. The summed E-state index contributed by atoms with van der Waals surface area (Å²) in [6.07, 6.45) is 7.36. The van der Waals surface area contributed by atoms with Crippen molar-refractivity contribution in [1.82, 2.24) is 15.2 Å². The molecule has 1 aromatic heterocycles. The fourth-order valence-corrected chi connectivity index (χ4v) is 6.01. The Balaban J connectivity index is 1.32. The summed E-state index contributed by atoms with van der Waals surface area (Å²) in [5.41, 5.74) is 0.370. The van der Waals surface area contributed by atoms with Gasteiger partial charge in [0.2, 0.25) is 0 Å². The molecular formula is C26H35ClN4O2. The first kappa shape index (κ1) is 22.9. The molecule has 2 aromatic rings. The van der Waals surface area contributed by atoms with Gasteiger partial charge in [-0.3, -0.25) is 9.69 Å². The smallest absolute Gasteiger partial charge is 0.253 e. The predicted molar refractivity (Wildman–Crippen MR) is 133 cm³/mol. The second-order valence-electron chi connectivity index (χ2n) is 10.6. The monoisotopic (exact) mass is 470 g/mol. The van der Waals surface area contributed by atoms with Crippen LogP contribution in [-0.2, 0) is 0 Å². The fourth-order valence-electron chi connectivity index (χ4n) is 5.76. The number of hydrogen-bond acceptors (Lipinski definition) is 5. The van der Waals surface area contributed by atoms with Crippen LogP contribution >= 0.6 is 11.6 Å². The summed E-state index contributed by atoms with van der Waals surface area (Å²) in [7, 11) is 2.25. The number of nitrogens with zero attached hydrogens (tertiary/aromatic N) is 3. The van der Waals surface area contributed by atoms with Crippen LogP contribution in [0, 0.1) is 5.92 Å². The first-order valence-corrected chi connectivity index (χ1v) is 12.8. The molecule has 178 valence electrons. The molecule has 5 rings (SSSR count). The van der Waals surface area contributed by atoms with Gasteiger partial charge in [-0.1, -0.05) is 31.4 Å². The Hall–Kier alpha value is -1.89. The van der Waals surface area contributed by atoms with Crippen LogP contribution in [0.2, 0.25) is 5.02 Å². The van der Waals surface area contributed by atoms with Crippen LogP contribution in [-0.4, -0.2) is 65.3 Å². The first-order valence-electron chi connectivity index (χ1n) is 12.4.